The van der Waals surface area contributed by atoms with Crippen LogP contribution in [0, 0.1) is 5.82 Å². The molecular formula is C25H18Cl2FNO4S. The van der Waals surface area contributed by atoms with Crippen molar-refractivity contribution in [2.24, 2.45) is 0 Å². The highest BCUT2D eigenvalue weighted by Gasteiger charge is 2.35. The molecule has 5 nitrogen and oxygen atoms in total. The van der Waals surface area contributed by atoms with E-state index in [1.165, 1.54) is 19.2 Å². The highest BCUT2D eigenvalue weighted by molar-refractivity contribution is 8.18. The van der Waals surface area contributed by atoms with Crippen LogP contribution in [0.1, 0.15) is 16.7 Å². The number of benzene rings is 3. The van der Waals surface area contributed by atoms with Crippen LogP contribution >= 0.6 is 35.0 Å². The van der Waals surface area contributed by atoms with Crippen LogP contribution in [0.4, 0.5) is 9.18 Å². The van der Waals surface area contributed by atoms with Gasteiger partial charge in [0.1, 0.15) is 12.4 Å². The molecule has 3 aromatic carbocycles. The predicted molar refractivity (Wildman–Crippen MR) is 132 cm³/mol. The molecular weight excluding hydrogens is 500 g/mol. The first kappa shape index (κ1) is 24.1. The number of rotatable bonds is 7. The first-order chi connectivity index (χ1) is 16.4. The van der Waals surface area contributed by atoms with E-state index in [9.17, 15) is 14.0 Å². The standard InChI is InChI=1S/C25H18Cl2FNO4S/c1-32-22-10-15(6-9-21(22)33-14-17-4-2-3-5-19(17)26)11-23-24(30)29(25(31)34-23)13-16-7-8-18(28)12-20(16)27/h2-12H,13-14H2,1H3/b23-11+. The monoisotopic (exact) mass is 517 g/mol. The van der Waals surface area contributed by atoms with Gasteiger partial charge in [0.05, 0.1) is 18.6 Å². The molecule has 0 radical (unpaired) electrons. The number of methoxy groups -OCH3 is 1. The summed E-state index contributed by atoms with van der Waals surface area (Å²) in [5.74, 6) is 0.0428. The quantitative estimate of drug-likeness (QED) is 0.317. The van der Waals surface area contributed by atoms with Crippen LogP contribution in [0.15, 0.2) is 65.6 Å². The molecule has 9 heteroatoms. The number of ether oxygens (including phenoxy) is 2. The summed E-state index contributed by atoms with van der Waals surface area (Å²) in [6.45, 7) is 0.222. The van der Waals surface area contributed by atoms with E-state index in [1.807, 2.05) is 18.2 Å². The van der Waals surface area contributed by atoms with Gasteiger partial charge in [-0.2, -0.15) is 0 Å². The van der Waals surface area contributed by atoms with Crippen molar-refractivity contribution in [3.63, 3.8) is 0 Å². The van der Waals surface area contributed by atoms with Crippen molar-refractivity contribution in [1.82, 2.24) is 4.90 Å². The van der Waals surface area contributed by atoms with Crippen LogP contribution in [0.3, 0.4) is 0 Å². The van der Waals surface area contributed by atoms with Gasteiger partial charge in [-0.15, -0.1) is 0 Å². The smallest absolute Gasteiger partial charge is 0.293 e. The van der Waals surface area contributed by atoms with Crippen LogP contribution < -0.4 is 9.47 Å². The zero-order chi connectivity index (χ0) is 24.2. The molecule has 0 aliphatic carbocycles. The maximum absolute atomic E-state index is 13.3. The molecule has 174 valence electrons. The molecule has 1 heterocycles. The first-order valence-corrected chi connectivity index (χ1v) is 11.7. The average Bonchev–Trinajstić information content (AvgIpc) is 3.08. The Morgan fingerprint density at radius 1 is 0.971 bits per heavy atom. The SMILES string of the molecule is COc1cc(/C=C2/SC(=O)N(Cc3ccc(F)cc3Cl)C2=O)ccc1OCc1ccccc1Cl. The maximum Gasteiger partial charge on any atom is 0.293 e. The van der Waals surface area contributed by atoms with Gasteiger partial charge in [-0.05, 0) is 59.3 Å². The number of thioether (sulfide) groups is 1. The molecule has 4 rings (SSSR count). The van der Waals surface area contributed by atoms with Crippen molar-refractivity contribution in [3.8, 4) is 11.5 Å². The van der Waals surface area contributed by atoms with Crippen molar-refractivity contribution in [2.75, 3.05) is 7.11 Å². The highest BCUT2D eigenvalue weighted by Crippen LogP contribution is 2.36. The average molecular weight is 518 g/mol. The fourth-order valence-corrected chi connectivity index (χ4v) is 4.53. The lowest BCUT2D eigenvalue weighted by Gasteiger charge is -2.13. The third-order valence-electron chi connectivity index (χ3n) is 5.04. The summed E-state index contributed by atoms with van der Waals surface area (Å²) in [4.78, 5) is 26.6. The molecule has 1 aliphatic rings. The Morgan fingerprint density at radius 3 is 2.50 bits per heavy atom. The van der Waals surface area contributed by atoms with Crippen molar-refractivity contribution in [3.05, 3.63) is 98.1 Å². The lowest BCUT2D eigenvalue weighted by atomic mass is 10.1. The normalized spacial score (nSPS) is 14.7. The molecule has 0 atom stereocenters. The minimum Gasteiger partial charge on any atom is -0.493 e. The number of hydrogen-bond donors (Lipinski definition) is 0. The number of amides is 2. The van der Waals surface area contributed by atoms with Crippen molar-refractivity contribution < 1.29 is 23.5 Å². The molecule has 0 unspecified atom stereocenters. The van der Waals surface area contributed by atoms with Gasteiger partial charge in [-0.3, -0.25) is 14.5 Å². The van der Waals surface area contributed by atoms with E-state index in [2.05, 4.69) is 0 Å². The van der Waals surface area contributed by atoms with Crippen molar-refractivity contribution in [2.45, 2.75) is 13.2 Å². The molecule has 0 aromatic heterocycles. The second-order valence-electron chi connectivity index (χ2n) is 7.29. The summed E-state index contributed by atoms with van der Waals surface area (Å²) < 4.78 is 24.6. The van der Waals surface area contributed by atoms with Gasteiger partial charge in [0.15, 0.2) is 11.5 Å². The number of carbonyl (C=O) groups is 2. The largest absolute Gasteiger partial charge is 0.493 e. The summed E-state index contributed by atoms with van der Waals surface area (Å²) in [5.41, 5.74) is 1.98. The molecule has 1 aliphatic heterocycles. The van der Waals surface area contributed by atoms with Gasteiger partial charge in [-0.25, -0.2) is 4.39 Å². The Kier molecular flexibility index (Phi) is 7.46. The third kappa shape index (κ3) is 5.38. The molecule has 1 fully saturated rings. The number of hydrogen-bond acceptors (Lipinski definition) is 5. The Balaban J connectivity index is 1.50. The fraction of sp³-hybridized carbons (Fsp3) is 0.120. The Labute approximate surface area is 210 Å². The van der Waals surface area contributed by atoms with Gasteiger partial charge in [0.25, 0.3) is 11.1 Å². The molecule has 0 N–H and O–H groups in total. The van der Waals surface area contributed by atoms with Crippen LogP contribution in [0.2, 0.25) is 10.0 Å². The molecule has 0 bridgehead atoms. The molecule has 3 aromatic rings. The maximum atomic E-state index is 13.3. The van der Waals surface area contributed by atoms with Gasteiger partial charge in [0, 0.05) is 15.6 Å². The summed E-state index contributed by atoms with van der Waals surface area (Å²) >= 11 is 13.1. The molecule has 1 saturated heterocycles. The summed E-state index contributed by atoms with van der Waals surface area (Å²) in [6.07, 6.45) is 1.61. The van der Waals surface area contributed by atoms with Crippen LogP contribution in [0.25, 0.3) is 6.08 Å². The Bertz CT molecular complexity index is 1300. The zero-order valence-electron chi connectivity index (χ0n) is 17.9. The van der Waals surface area contributed by atoms with E-state index in [4.69, 9.17) is 32.7 Å². The highest BCUT2D eigenvalue weighted by atomic mass is 35.5. The van der Waals surface area contributed by atoms with Crippen molar-refractivity contribution in [1.29, 1.82) is 0 Å². The number of halogens is 3. The lowest BCUT2D eigenvalue weighted by Crippen LogP contribution is -2.27. The van der Waals surface area contributed by atoms with E-state index < -0.39 is 17.0 Å². The van der Waals surface area contributed by atoms with Gasteiger partial charge in [-0.1, -0.05) is 53.5 Å². The summed E-state index contributed by atoms with van der Waals surface area (Å²) in [6, 6.07) is 16.4. The minimum absolute atomic E-state index is 0.0424. The number of carbonyl (C=O) groups excluding carboxylic acids is 2. The van der Waals surface area contributed by atoms with E-state index in [0.29, 0.717) is 27.6 Å². The van der Waals surface area contributed by atoms with Crippen LogP contribution in [-0.4, -0.2) is 23.2 Å². The molecule has 0 saturated carbocycles. The van der Waals surface area contributed by atoms with E-state index in [-0.39, 0.29) is 23.1 Å². The zero-order valence-corrected chi connectivity index (χ0v) is 20.2. The van der Waals surface area contributed by atoms with Gasteiger partial charge < -0.3 is 9.47 Å². The number of imide groups is 1. The third-order valence-corrected chi connectivity index (χ3v) is 6.67. The van der Waals surface area contributed by atoms with E-state index in [0.717, 1.165) is 28.3 Å². The van der Waals surface area contributed by atoms with Crippen molar-refractivity contribution >= 4 is 52.2 Å². The summed E-state index contributed by atoms with van der Waals surface area (Å²) in [5, 5.41) is 0.333. The summed E-state index contributed by atoms with van der Waals surface area (Å²) in [7, 11) is 1.52. The lowest BCUT2D eigenvalue weighted by molar-refractivity contribution is -0.123. The van der Waals surface area contributed by atoms with Gasteiger partial charge in [0.2, 0.25) is 0 Å². The molecule has 34 heavy (non-hydrogen) atoms. The second-order valence-corrected chi connectivity index (χ2v) is 9.10. The minimum atomic E-state index is -0.490. The topological polar surface area (TPSA) is 55.8 Å². The fourth-order valence-electron chi connectivity index (χ4n) is 3.27. The molecule has 0 spiro atoms. The second kappa shape index (κ2) is 10.5. The molecule has 2 amide bonds. The Morgan fingerprint density at radius 2 is 1.76 bits per heavy atom. The predicted octanol–water partition coefficient (Wildman–Crippen LogP) is 6.96. The van der Waals surface area contributed by atoms with Gasteiger partial charge >= 0.3 is 0 Å². The van der Waals surface area contributed by atoms with E-state index in [1.54, 1.807) is 30.3 Å². The number of nitrogens with zero attached hydrogens (tertiary/aromatic N) is 1. The first-order valence-electron chi connectivity index (χ1n) is 10.1. The van der Waals surface area contributed by atoms with Crippen LogP contribution in [0.5, 0.6) is 11.5 Å². The Hall–Kier alpha value is -3.00. The van der Waals surface area contributed by atoms with E-state index >= 15 is 0 Å². The van der Waals surface area contributed by atoms with Crippen LogP contribution in [-0.2, 0) is 17.9 Å².